The Hall–Kier alpha value is -2.56. The van der Waals surface area contributed by atoms with Gasteiger partial charge in [0.1, 0.15) is 0 Å². The molecular weight excluding hydrogens is 380 g/mol. The number of tetrazole rings is 1. The standard InChI is InChI=1S/C12H10BrF2N5O3/c13-8-1-3-9(4-2-8)20-12(23)19(17-18-20)6-7(10(14)15)5-16-11(21)22/h1-4,16H,5-6H2,(H,21,22). The summed E-state index contributed by atoms with van der Waals surface area (Å²) in [5.74, 6) is 0. The number of halogens is 3. The summed E-state index contributed by atoms with van der Waals surface area (Å²) in [7, 11) is 0. The number of rotatable bonds is 5. The second-order valence-electron chi connectivity index (χ2n) is 4.33. The molecule has 0 unspecified atom stereocenters. The van der Waals surface area contributed by atoms with E-state index in [2.05, 4.69) is 26.4 Å². The van der Waals surface area contributed by atoms with Crippen molar-refractivity contribution < 1.29 is 18.7 Å². The topological polar surface area (TPSA) is 102 Å². The molecule has 0 saturated carbocycles. The molecule has 0 fully saturated rings. The van der Waals surface area contributed by atoms with Crippen molar-refractivity contribution >= 4 is 22.0 Å². The highest BCUT2D eigenvalue weighted by Crippen LogP contribution is 2.12. The first kappa shape index (κ1) is 16.8. The van der Waals surface area contributed by atoms with E-state index in [1.54, 1.807) is 24.3 Å². The minimum absolute atomic E-state index is 0.416. The van der Waals surface area contributed by atoms with Crippen molar-refractivity contribution in [1.29, 1.82) is 0 Å². The van der Waals surface area contributed by atoms with E-state index in [-0.39, 0.29) is 0 Å². The maximum absolute atomic E-state index is 12.8. The molecular formula is C12H10BrF2N5O3. The van der Waals surface area contributed by atoms with Crippen LogP contribution in [0.2, 0.25) is 0 Å². The van der Waals surface area contributed by atoms with Gasteiger partial charge in [-0.1, -0.05) is 15.9 Å². The van der Waals surface area contributed by atoms with E-state index in [0.717, 1.165) is 13.8 Å². The minimum Gasteiger partial charge on any atom is -0.465 e. The smallest absolute Gasteiger partial charge is 0.404 e. The van der Waals surface area contributed by atoms with Crippen molar-refractivity contribution in [1.82, 2.24) is 25.1 Å². The van der Waals surface area contributed by atoms with E-state index in [4.69, 9.17) is 5.11 Å². The lowest BCUT2D eigenvalue weighted by molar-refractivity contribution is 0.195. The third kappa shape index (κ3) is 4.22. The molecule has 2 N–H and O–H groups in total. The number of amides is 1. The summed E-state index contributed by atoms with van der Waals surface area (Å²) in [5.41, 5.74) is -0.877. The number of carbonyl (C=O) groups is 1. The van der Waals surface area contributed by atoms with E-state index >= 15 is 0 Å². The number of aromatic nitrogens is 4. The molecule has 0 radical (unpaired) electrons. The van der Waals surface area contributed by atoms with Crippen LogP contribution in [0.4, 0.5) is 13.6 Å². The van der Waals surface area contributed by atoms with Gasteiger partial charge in [0, 0.05) is 16.6 Å². The summed E-state index contributed by atoms with van der Waals surface area (Å²) in [6.07, 6.45) is -3.53. The van der Waals surface area contributed by atoms with E-state index in [1.165, 1.54) is 0 Å². The van der Waals surface area contributed by atoms with Crippen molar-refractivity contribution in [3.8, 4) is 5.69 Å². The summed E-state index contributed by atoms with van der Waals surface area (Å²) in [4.78, 5) is 22.5. The highest BCUT2D eigenvalue weighted by molar-refractivity contribution is 9.10. The third-order valence-electron chi connectivity index (χ3n) is 2.77. The summed E-state index contributed by atoms with van der Waals surface area (Å²) >= 11 is 3.25. The fraction of sp³-hybridized carbons (Fsp3) is 0.167. The summed E-state index contributed by atoms with van der Waals surface area (Å²) in [6, 6.07) is 6.57. The highest BCUT2D eigenvalue weighted by atomic mass is 79.9. The van der Waals surface area contributed by atoms with Gasteiger partial charge in [-0.05, 0) is 34.7 Å². The van der Waals surface area contributed by atoms with Gasteiger partial charge in [-0.25, -0.2) is 9.59 Å². The molecule has 1 amide bonds. The Bertz CT molecular complexity index is 796. The quantitative estimate of drug-likeness (QED) is 0.808. The zero-order valence-electron chi connectivity index (χ0n) is 11.4. The predicted molar refractivity (Wildman–Crippen MR) is 78.6 cm³/mol. The van der Waals surface area contributed by atoms with Crippen molar-refractivity contribution in [2.45, 2.75) is 6.54 Å². The minimum atomic E-state index is -2.08. The second kappa shape index (κ2) is 7.13. The molecule has 1 heterocycles. The third-order valence-corrected chi connectivity index (χ3v) is 3.30. The lowest BCUT2D eigenvalue weighted by Crippen LogP contribution is -2.29. The first-order chi connectivity index (χ1) is 10.9. The summed E-state index contributed by atoms with van der Waals surface area (Å²) < 4.78 is 28.1. The van der Waals surface area contributed by atoms with Gasteiger partial charge in [-0.15, -0.1) is 0 Å². The second-order valence-corrected chi connectivity index (χ2v) is 5.25. The monoisotopic (exact) mass is 389 g/mol. The molecule has 2 aromatic rings. The van der Waals surface area contributed by atoms with Crippen LogP contribution in [0.1, 0.15) is 0 Å². The van der Waals surface area contributed by atoms with E-state index < -0.39 is 36.5 Å². The van der Waals surface area contributed by atoms with E-state index in [0.29, 0.717) is 5.69 Å². The Labute approximate surface area is 136 Å². The van der Waals surface area contributed by atoms with Gasteiger partial charge in [-0.3, -0.25) is 0 Å². The van der Waals surface area contributed by atoms with Gasteiger partial charge in [0.2, 0.25) is 0 Å². The van der Waals surface area contributed by atoms with Crippen LogP contribution in [-0.2, 0) is 6.54 Å². The van der Waals surface area contributed by atoms with Crippen molar-refractivity contribution in [3.05, 3.63) is 50.9 Å². The molecule has 0 atom stereocenters. The summed E-state index contributed by atoms with van der Waals surface area (Å²) in [5, 5.41) is 17.4. The molecule has 0 aliphatic rings. The van der Waals surface area contributed by atoms with Gasteiger partial charge in [-0.2, -0.15) is 18.1 Å². The van der Waals surface area contributed by atoms with Crippen LogP contribution < -0.4 is 11.0 Å². The van der Waals surface area contributed by atoms with Crippen LogP contribution in [0, 0.1) is 0 Å². The molecule has 1 aromatic carbocycles. The SMILES string of the molecule is O=C(O)NCC(Cn1nnn(-c2ccc(Br)cc2)c1=O)=C(F)F. The molecule has 0 saturated heterocycles. The molecule has 1 aromatic heterocycles. The van der Waals surface area contributed by atoms with E-state index in [9.17, 15) is 18.4 Å². The molecule has 8 nitrogen and oxygen atoms in total. The Morgan fingerprint density at radius 2 is 1.91 bits per heavy atom. The molecule has 0 spiro atoms. The number of nitrogens with zero attached hydrogens (tertiary/aromatic N) is 4. The summed E-state index contributed by atoms with van der Waals surface area (Å²) in [6.45, 7) is -1.19. The van der Waals surface area contributed by atoms with Crippen molar-refractivity contribution in [2.24, 2.45) is 0 Å². The van der Waals surface area contributed by atoms with Gasteiger partial charge in [0.25, 0.3) is 6.08 Å². The Balaban J connectivity index is 2.25. The molecule has 2 rings (SSSR count). The molecule has 23 heavy (non-hydrogen) atoms. The van der Waals surface area contributed by atoms with Gasteiger partial charge < -0.3 is 10.4 Å². The number of hydrogen-bond acceptors (Lipinski definition) is 4. The average molecular weight is 390 g/mol. The van der Waals surface area contributed by atoms with E-state index in [1.807, 2.05) is 5.32 Å². The predicted octanol–water partition coefficient (Wildman–Crippen LogP) is 1.61. The number of benzene rings is 1. The van der Waals surface area contributed by atoms with Crippen LogP contribution in [-0.4, -0.2) is 37.5 Å². The Morgan fingerprint density at radius 3 is 2.48 bits per heavy atom. The Morgan fingerprint density at radius 1 is 1.26 bits per heavy atom. The average Bonchev–Trinajstić information content (AvgIpc) is 2.85. The van der Waals surface area contributed by atoms with Gasteiger partial charge in [0.15, 0.2) is 0 Å². The zero-order chi connectivity index (χ0) is 17.0. The van der Waals surface area contributed by atoms with Crippen molar-refractivity contribution in [2.75, 3.05) is 6.54 Å². The molecule has 0 aliphatic heterocycles. The number of hydrogen-bond donors (Lipinski definition) is 2. The zero-order valence-corrected chi connectivity index (χ0v) is 13.0. The van der Waals surface area contributed by atoms with Crippen LogP contribution >= 0.6 is 15.9 Å². The molecule has 0 aliphatic carbocycles. The molecule has 11 heteroatoms. The first-order valence-electron chi connectivity index (χ1n) is 6.17. The normalized spacial score (nSPS) is 10.4. The van der Waals surface area contributed by atoms with Crippen molar-refractivity contribution in [3.63, 3.8) is 0 Å². The maximum Gasteiger partial charge on any atom is 0.404 e. The van der Waals surface area contributed by atoms with Crippen LogP contribution in [0.3, 0.4) is 0 Å². The highest BCUT2D eigenvalue weighted by Gasteiger charge is 2.14. The lowest BCUT2D eigenvalue weighted by atomic mass is 10.3. The van der Waals surface area contributed by atoms with Crippen LogP contribution in [0.5, 0.6) is 0 Å². The van der Waals surface area contributed by atoms with Crippen LogP contribution in [0.15, 0.2) is 45.2 Å². The number of carboxylic acid groups (broad SMARTS) is 1. The largest absolute Gasteiger partial charge is 0.465 e. The molecule has 122 valence electrons. The number of nitrogens with one attached hydrogen (secondary N) is 1. The maximum atomic E-state index is 12.8. The van der Waals surface area contributed by atoms with Crippen LogP contribution in [0.25, 0.3) is 5.69 Å². The molecule has 0 bridgehead atoms. The fourth-order valence-electron chi connectivity index (χ4n) is 1.66. The lowest BCUT2D eigenvalue weighted by Gasteiger charge is -2.05. The first-order valence-corrected chi connectivity index (χ1v) is 6.96. The Kier molecular flexibility index (Phi) is 5.21. The van der Waals surface area contributed by atoms with Gasteiger partial charge in [0.05, 0.1) is 12.2 Å². The fourth-order valence-corrected chi connectivity index (χ4v) is 1.93. The van der Waals surface area contributed by atoms with Gasteiger partial charge >= 0.3 is 11.8 Å².